The minimum absolute atomic E-state index is 0.0268. The monoisotopic (exact) mass is 386 g/mol. The number of anilines is 1. The lowest BCUT2D eigenvalue weighted by atomic mass is 10.0. The number of ether oxygens (including phenoxy) is 1. The number of hydrogen-bond acceptors (Lipinski definition) is 5. The number of aromatic nitrogens is 2. The van der Waals surface area contributed by atoms with Crippen molar-refractivity contribution in [1.82, 2.24) is 15.3 Å². The highest BCUT2D eigenvalue weighted by Gasteiger charge is 2.27. The van der Waals surface area contributed by atoms with Crippen LogP contribution >= 0.6 is 0 Å². The van der Waals surface area contributed by atoms with Crippen LogP contribution in [0.3, 0.4) is 0 Å². The second kappa shape index (κ2) is 6.91. The van der Waals surface area contributed by atoms with E-state index in [4.69, 9.17) is 5.73 Å². The number of nitrogen functional groups attached to an aromatic ring is 1. The maximum Gasteiger partial charge on any atom is 0.387 e. The van der Waals surface area contributed by atoms with Crippen LogP contribution in [0, 0.1) is 0 Å². The van der Waals surface area contributed by atoms with Crippen molar-refractivity contribution >= 4 is 22.5 Å². The van der Waals surface area contributed by atoms with Crippen LogP contribution in [-0.4, -0.2) is 28.5 Å². The van der Waals surface area contributed by atoms with E-state index in [1.54, 1.807) is 18.2 Å². The fourth-order valence-electron chi connectivity index (χ4n) is 3.06. The molecule has 2 aromatic heterocycles. The number of fused-ring (bicyclic) bond motifs is 1. The molecule has 0 radical (unpaired) electrons. The lowest BCUT2D eigenvalue weighted by molar-refractivity contribution is -0.0494. The van der Waals surface area contributed by atoms with Gasteiger partial charge in [-0.15, -0.1) is 0 Å². The zero-order valence-corrected chi connectivity index (χ0v) is 14.5. The number of H-pyrrole nitrogens is 1. The lowest BCUT2D eigenvalue weighted by Gasteiger charge is -2.14. The van der Waals surface area contributed by atoms with Gasteiger partial charge in [-0.2, -0.15) is 8.78 Å². The number of hydrogen-bond donors (Lipinski definition) is 3. The number of pyridine rings is 2. The third kappa shape index (κ3) is 3.26. The summed E-state index contributed by atoms with van der Waals surface area (Å²) in [6, 6.07) is 6.28. The van der Waals surface area contributed by atoms with Gasteiger partial charge in [0.25, 0.3) is 11.5 Å². The molecule has 0 bridgehead atoms. The molecular formula is C19H16F2N4O3. The topological polar surface area (TPSA) is 110 Å². The summed E-state index contributed by atoms with van der Waals surface area (Å²) in [4.78, 5) is 31.6. The van der Waals surface area contributed by atoms with E-state index in [0.717, 1.165) is 12.8 Å². The Balaban J connectivity index is 1.89. The molecule has 144 valence electrons. The van der Waals surface area contributed by atoms with Gasteiger partial charge in [-0.1, -0.05) is 18.2 Å². The van der Waals surface area contributed by atoms with Crippen LogP contribution in [-0.2, 0) is 0 Å². The van der Waals surface area contributed by atoms with Crippen LogP contribution < -0.4 is 21.3 Å². The first-order valence-electron chi connectivity index (χ1n) is 8.60. The van der Waals surface area contributed by atoms with Crippen molar-refractivity contribution in [2.45, 2.75) is 25.5 Å². The Morgan fingerprint density at radius 3 is 2.79 bits per heavy atom. The number of nitrogens with zero attached hydrogens (tertiary/aromatic N) is 1. The minimum Gasteiger partial charge on any atom is -0.434 e. The van der Waals surface area contributed by atoms with Gasteiger partial charge in [0.2, 0.25) is 0 Å². The standard InChI is InChI=1S/C19H16F2N4O3/c20-19(21)28-13-6-7-23-8-12(13)10-2-1-3-11-15(22)14(18(27)25-16(10)11)17(26)24-9-4-5-9/h1-3,6-9,19H,4-5H2,(H,24,26)(H3,22,25,27). The number of alkyl halides is 2. The fraction of sp³-hybridized carbons (Fsp3) is 0.211. The van der Waals surface area contributed by atoms with Gasteiger partial charge in [0.05, 0.1) is 11.2 Å². The van der Waals surface area contributed by atoms with Crippen LogP contribution in [0.2, 0.25) is 0 Å². The van der Waals surface area contributed by atoms with Crippen molar-refractivity contribution in [2.24, 2.45) is 0 Å². The predicted molar refractivity (Wildman–Crippen MR) is 99.3 cm³/mol. The van der Waals surface area contributed by atoms with Crippen molar-refractivity contribution in [3.8, 4) is 16.9 Å². The van der Waals surface area contributed by atoms with Gasteiger partial charge in [-0.25, -0.2) is 0 Å². The molecule has 1 aliphatic carbocycles. The Hall–Kier alpha value is -3.49. The Bertz CT molecular complexity index is 1130. The molecule has 2 heterocycles. The van der Waals surface area contributed by atoms with E-state index in [0.29, 0.717) is 16.5 Å². The van der Waals surface area contributed by atoms with Crippen molar-refractivity contribution in [3.63, 3.8) is 0 Å². The van der Waals surface area contributed by atoms with Crippen molar-refractivity contribution in [1.29, 1.82) is 0 Å². The Kier molecular flexibility index (Phi) is 4.42. The SMILES string of the molecule is Nc1c(C(=O)NC2CC2)c(=O)[nH]c2c(-c3cnccc3OC(F)F)cccc12. The molecule has 0 aliphatic heterocycles. The molecule has 0 atom stereocenters. The van der Waals surface area contributed by atoms with Crippen molar-refractivity contribution in [2.75, 3.05) is 5.73 Å². The number of para-hydroxylation sites is 1. The molecule has 0 unspecified atom stereocenters. The molecule has 1 amide bonds. The van der Waals surface area contributed by atoms with Gasteiger partial charge < -0.3 is 20.8 Å². The summed E-state index contributed by atoms with van der Waals surface area (Å²) in [5.74, 6) is -0.621. The number of rotatable bonds is 5. The van der Waals surface area contributed by atoms with Gasteiger partial charge in [-0.05, 0) is 18.9 Å². The highest BCUT2D eigenvalue weighted by Crippen LogP contribution is 2.35. The number of amides is 1. The third-order valence-corrected chi connectivity index (χ3v) is 4.52. The zero-order chi connectivity index (χ0) is 19.8. The van der Waals surface area contributed by atoms with Gasteiger partial charge in [0.1, 0.15) is 11.3 Å². The molecule has 1 fully saturated rings. The first kappa shape index (κ1) is 17.9. The zero-order valence-electron chi connectivity index (χ0n) is 14.5. The summed E-state index contributed by atoms with van der Waals surface area (Å²) in [6.07, 6.45) is 4.42. The molecule has 1 aromatic carbocycles. The van der Waals surface area contributed by atoms with Crippen molar-refractivity contribution < 1.29 is 18.3 Å². The largest absolute Gasteiger partial charge is 0.434 e. The predicted octanol–water partition coefficient (Wildman–Crippen LogP) is 2.67. The van der Waals surface area contributed by atoms with Gasteiger partial charge in [0, 0.05) is 34.9 Å². The van der Waals surface area contributed by atoms with Crippen LogP contribution in [0.1, 0.15) is 23.2 Å². The van der Waals surface area contributed by atoms with Crippen LogP contribution in [0.25, 0.3) is 22.0 Å². The van der Waals surface area contributed by atoms with Crippen LogP contribution in [0.5, 0.6) is 5.75 Å². The van der Waals surface area contributed by atoms with Crippen LogP contribution in [0.4, 0.5) is 14.5 Å². The summed E-state index contributed by atoms with van der Waals surface area (Å²) in [5.41, 5.74) is 6.31. The van der Waals surface area contributed by atoms with Gasteiger partial charge in [0.15, 0.2) is 0 Å². The number of halogens is 2. The van der Waals surface area contributed by atoms with E-state index in [2.05, 4.69) is 20.0 Å². The van der Waals surface area contributed by atoms with Crippen molar-refractivity contribution in [3.05, 3.63) is 52.6 Å². The maximum absolute atomic E-state index is 12.7. The molecule has 0 saturated heterocycles. The van der Waals surface area contributed by atoms with E-state index in [1.165, 1.54) is 18.5 Å². The first-order chi connectivity index (χ1) is 13.5. The molecule has 4 N–H and O–H groups in total. The van der Waals surface area contributed by atoms with Gasteiger partial charge in [-0.3, -0.25) is 14.6 Å². The van der Waals surface area contributed by atoms with E-state index >= 15 is 0 Å². The highest BCUT2D eigenvalue weighted by atomic mass is 19.3. The Morgan fingerprint density at radius 2 is 2.07 bits per heavy atom. The number of carbonyl (C=O) groups excluding carboxylic acids is 1. The normalized spacial score (nSPS) is 13.7. The fourth-order valence-corrected chi connectivity index (χ4v) is 3.06. The number of aromatic amines is 1. The molecular weight excluding hydrogens is 370 g/mol. The van der Waals surface area contributed by atoms with Gasteiger partial charge >= 0.3 is 6.61 Å². The molecule has 9 heteroatoms. The third-order valence-electron chi connectivity index (χ3n) is 4.52. The first-order valence-corrected chi connectivity index (χ1v) is 8.60. The van der Waals surface area contributed by atoms with E-state index in [1.807, 2.05) is 0 Å². The quantitative estimate of drug-likeness (QED) is 0.624. The molecule has 1 aliphatic rings. The number of nitrogens with one attached hydrogen (secondary N) is 2. The molecule has 1 saturated carbocycles. The van der Waals surface area contributed by atoms with E-state index in [-0.39, 0.29) is 28.6 Å². The second-order valence-corrected chi connectivity index (χ2v) is 6.47. The summed E-state index contributed by atoms with van der Waals surface area (Å²) in [6.45, 7) is -3.02. The summed E-state index contributed by atoms with van der Waals surface area (Å²) >= 11 is 0. The summed E-state index contributed by atoms with van der Waals surface area (Å²) < 4.78 is 30.1. The minimum atomic E-state index is -3.02. The number of nitrogens with two attached hydrogens (primary N) is 1. The molecule has 7 nitrogen and oxygen atoms in total. The maximum atomic E-state index is 12.7. The lowest BCUT2D eigenvalue weighted by Crippen LogP contribution is -2.32. The van der Waals surface area contributed by atoms with E-state index in [9.17, 15) is 18.4 Å². The average Bonchev–Trinajstić information content (AvgIpc) is 3.45. The highest BCUT2D eigenvalue weighted by molar-refractivity contribution is 6.09. The molecule has 0 spiro atoms. The molecule has 3 aromatic rings. The Morgan fingerprint density at radius 1 is 1.29 bits per heavy atom. The van der Waals surface area contributed by atoms with Crippen LogP contribution in [0.15, 0.2) is 41.5 Å². The summed E-state index contributed by atoms with van der Waals surface area (Å²) in [5, 5.41) is 3.16. The number of carbonyl (C=O) groups is 1. The number of benzene rings is 1. The Labute approximate surface area is 157 Å². The molecule has 4 rings (SSSR count). The second-order valence-electron chi connectivity index (χ2n) is 6.47. The van der Waals surface area contributed by atoms with E-state index < -0.39 is 18.1 Å². The molecule has 28 heavy (non-hydrogen) atoms. The average molecular weight is 386 g/mol. The smallest absolute Gasteiger partial charge is 0.387 e. The summed E-state index contributed by atoms with van der Waals surface area (Å²) in [7, 11) is 0.